The molecule has 0 bridgehead atoms. The largest absolute Gasteiger partial charge is 0.478 e. The van der Waals surface area contributed by atoms with Crippen LogP contribution in [0.3, 0.4) is 0 Å². The van der Waals surface area contributed by atoms with Crippen molar-refractivity contribution in [1.82, 2.24) is 4.98 Å². The summed E-state index contributed by atoms with van der Waals surface area (Å²) in [5, 5.41) is 21.4. The van der Waals surface area contributed by atoms with Crippen molar-refractivity contribution in [2.75, 3.05) is 11.9 Å². The van der Waals surface area contributed by atoms with Gasteiger partial charge in [-0.1, -0.05) is 18.5 Å². The second-order valence-electron chi connectivity index (χ2n) is 4.35. The molecule has 0 amide bonds. The second kappa shape index (κ2) is 6.02. The number of halogens is 1. The van der Waals surface area contributed by atoms with Crippen LogP contribution in [-0.4, -0.2) is 33.3 Å². The summed E-state index contributed by atoms with van der Waals surface area (Å²) >= 11 is 5.78. The van der Waals surface area contributed by atoms with Gasteiger partial charge in [-0.05, 0) is 31.9 Å². The molecule has 18 heavy (non-hydrogen) atoms. The summed E-state index contributed by atoms with van der Waals surface area (Å²) in [7, 11) is 0. The number of hydrogen-bond donors (Lipinski definition) is 3. The van der Waals surface area contributed by atoms with Crippen molar-refractivity contribution in [1.29, 1.82) is 0 Å². The standard InChI is InChI=1S/C12H17ClN2O3/c1-3-12(2,6-7-16)15-10-8(11(17)18)4-5-9(13)14-10/h4-5,16H,3,6-7H2,1-2H3,(H,14,15)(H,17,18). The highest BCUT2D eigenvalue weighted by Crippen LogP contribution is 2.24. The van der Waals surface area contributed by atoms with Gasteiger partial charge in [-0.25, -0.2) is 9.78 Å². The molecule has 0 aliphatic heterocycles. The molecule has 0 radical (unpaired) electrons. The number of pyridine rings is 1. The first-order valence-electron chi connectivity index (χ1n) is 5.71. The molecule has 0 saturated carbocycles. The lowest BCUT2D eigenvalue weighted by Crippen LogP contribution is -2.36. The van der Waals surface area contributed by atoms with E-state index in [4.69, 9.17) is 21.8 Å². The van der Waals surface area contributed by atoms with Crippen LogP contribution in [0.4, 0.5) is 5.82 Å². The lowest BCUT2D eigenvalue weighted by Gasteiger charge is -2.30. The molecule has 1 heterocycles. The highest BCUT2D eigenvalue weighted by molar-refractivity contribution is 6.29. The van der Waals surface area contributed by atoms with Crippen LogP contribution < -0.4 is 5.32 Å². The van der Waals surface area contributed by atoms with Gasteiger partial charge in [0.25, 0.3) is 0 Å². The normalized spacial score (nSPS) is 14.0. The molecule has 5 nitrogen and oxygen atoms in total. The summed E-state index contributed by atoms with van der Waals surface area (Å²) in [6.07, 6.45) is 1.22. The van der Waals surface area contributed by atoms with Gasteiger partial charge in [0, 0.05) is 12.1 Å². The molecular weight excluding hydrogens is 256 g/mol. The van der Waals surface area contributed by atoms with Crippen molar-refractivity contribution in [2.24, 2.45) is 0 Å². The zero-order valence-electron chi connectivity index (χ0n) is 10.4. The van der Waals surface area contributed by atoms with Crippen LogP contribution in [0.15, 0.2) is 12.1 Å². The topological polar surface area (TPSA) is 82.5 Å². The first-order valence-corrected chi connectivity index (χ1v) is 6.08. The van der Waals surface area contributed by atoms with E-state index in [0.29, 0.717) is 6.42 Å². The third-order valence-electron chi connectivity index (χ3n) is 2.96. The molecule has 6 heteroatoms. The van der Waals surface area contributed by atoms with Crippen molar-refractivity contribution in [2.45, 2.75) is 32.2 Å². The minimum atomic E-state index is -1.07. The monoisotopic (exact) mass is 272 g/mol. The predicted octanol–water partition coefficient (Wildman–Crippen LogP) is 2.40. The Morgan fingerprint density at radius 2 is 2.22 bits per heavy atom. The van der Waals surface area contributed by atoms with Gasteiger partial charge >= 0.3 is 5.97 Å². The highest BCUT2D eigenvalue weighted by Gasteiger charge is 2.24. The molecule has 0 saturated heterocycles. The molecule has 0 aliphatic rings. The number of aliphatic hydroxyl groups excluding tert-OH is 1. The summed E-state index contributed by atoms with van der Waals surface area (Å²) in [6.45, 7) is 3.87. The molecule has 3 N–H and O–H groups in total. The van der Waals surface area contributed by atoms with Gasteiger partial charge in [-0.3, -0.25) is 0 Å². The Balaban J connectivity index is 3.08. The van der Waals surface area contributed by atoms with Gasteiger partial charge in [0.15, 0.2) is 0 Å². The fourth-order valence-electron chi connectivity index (χ4n) is 1.56. The van der Waals surface area contributed by atoms with E-state index in [0.717, 1.165) is 6.42 Å². The zero-order chi connectivity index (χ0) is 13.8. The van der Waals surface area contributed by atoms with Gasteiger partial charge in [0.05, 0.1) is 0 Å². The number of nitrogens with zero attached hydrogens (tertiary/aromatic N) is 1. The Bertz CT molecular complexity index is 439. The number of aromatic nitrogens is 1. The summed E-state index contributed by atoms with van der Waals surface area (Å²) in [4.78, 5) is 15.1. The fourth-order valence-corrected chi connectivity index (χ4v) is 1.71. The smallest absolute Gasteiger partial charge is 0.339 e. The lowest BCUT2D eigenvalue weighted by atomic mass is 9.94. The van der Waals surface area contributed by atoms with Crippen molar-refractivity contribution < 1.29 is 15.0 Å². The summed E-state index contributed by atoms with van der Waals surface area (Å²) in [5.74, 6) is -0.836. The Morgan fingerprint density at radius 3 is 2.72 bits per heavy atom. The molecule has 0 aliphatic carbocycles. The average Bonchev–Trinajstić information content (AvgIpc) is 2.29. The molecule has 1 unspecified atom stereocenters. The number of carboxylic acid groups (broad SMARTS) is 1. The minimum absolute atomic E-state index is 0.0142. The zero-order valence-corrected chi connectivity index (χ0v) is 11.2. The number of aromatic carboxylic acids is 1. The molecule has 1 rings (SSSR count). The lowest BCUT2D eigenvalue weighted by molar-refractivity contribution is 0.0697. The summed E-state index contributed by atoms with van der Waals surface area (Å²) in [6, 6.07) is 2.85. The van der Waals surface area contributed by atoms with Gasteiger partial charge in [0.1, 0.15) is 16.5 Å². The average molecular weight is 273 g/mol. The van der Waals surface area contributed by atoms with E-state index in [2.05, 4.69) is 10.3 Å². The SMILES string of the molecule is CCC(C)(CCO)Nc1nc(Cl)ccc1C(=O)O. The van der Waals surface area contributed by atoms with Crippen molar-refractivity contribution in [3.63, 3.8) is 0 Å². The van der Waals surface area contributed by atoms with Crippen LogP contribution in [0.1, 0.15) is 37.0 Å². The number of anilines is 1. The number of nitrogens with one attached hydrogen (secondary N) is 1. The number of hydrogen-bond acceptors (Lipinski definition) is 4. The van der Waals surface area contributed by atoms with Crippen molar-refractivity contribution in [3.8, 4) is 0 Å². The maximum Gasteiger partial charge on any atom is 0.339 e. The second-order valence-corrected chi connectivity index (χ2v) is 4.74. The Morgan fingerprint density at radius 1 is 1.56 bits per heavy atom. The first kappa shape index (κ1) is 14.7. The van der Waals surface area contributed by atoms with Gasteiger partial charge in [0.2, 0.25) is 0 Å². The molecule has 100 valence electrons. The van der Waals surface area contributed by atoms with E-state index in [1.807, 2.05) is 13.8 Å². The van der Waals surface area contributed by atoms with Crippen LogP contribution in [0.25, 0.3) is 0 Å². The predicted molar refractivity (Wildman–Crippen MR) is 70.2 cm³/mol. The first-order chi connectivity index (χ1) is 8.41. The molecular formula is C12H17ClN2O3. The Labute approximate surface area is 111 Å². The summed E-state index contributed by atoms with van der Waals surface area (Å²) < 4.78 is 0. The van der Waals surface area contributed by atoms with E-state index in [1.54, 1.807) is 0 Å². The molecule has 1 aromatic rings. The molecule has 1 aromatic heterocycles. The molecule has 0 fully saturated rings. The van der Waals surface area contributed by atoms with E-state index in [1.165, 1.54) is 12.1 Å². The fraction of sp³-hybridized carbons (Fsp3) is 0.500. The van der Waals surface area contributed by atoms with E-state index in [9.17, 15) is 4.79 Å². The maximum atomic E-state index is 11.1. The van der Waals surface area contributed by atoms with Crippen LogP contribution in [0, 0.1) is 0 Å². The third kappa shape index (κ3) is 3.58. The number of rotatable bonds is 6. The van der Waals surface area contributed by atoms with E-state index >= 15 is 0 Å². The van der Waals surface area contributed by atoms with E-state index in [-0.39, 0.29) is 23.1 Å². The molecule has 0 spiro atoms. The Kier molecular flexibility index (Phi) is 4.93. The van der Waals surface area contributed by atoms with Gasteiger partial charge < -0.3 is 15.5 Å². The number of aliphatic hydroxyl groups is 1. The van der Waals surface area contributed by atoms with Crippen LogP contribution in [0.5, 0.6) is 0 Å². The third-order valence-corrected chi connectivity index (χ3v) is 3.17. The van der Waals surface area contributed by atoms with Crippen LogP contribution in [-0.2, 0) is 0 Å². The van der Waals surface area contributed by atoms with Gasteiger partial charge in [-0.2, -0.15) is 0 Å². The van der Waals surface area contributed by atoms with Crippen LogP contribution in [0.2, 0.25) is 5.15 Å². The maximum absolute atomic E-state index is 11.1. The molecule has 1 atom stereocenters. The number of carbonyl (C=O) groups is 1. The summed E-state index contributed by atoms with van der Waals surface area (Å²) in [5.41, 5.74) is -0.353. The molecule has 0 aromatic carbocycles. The van der Waals surface area contributed by atoms with E-state index < -0.39 is 11.5 Å². The van der Waals surface area contributed by atoms with Crippen LogP contribution >= 0.6 is 11.6 Å². The highest BCUT2D eigenvalue weighted by atomic mass is 35.5. The minimum Gasteiger partial charge on any atom is -0.478 e. The van der Waals surface area contributed by atoms with Crippen molar-refractivity contribution >= 4 is 23.4 Å². The number of carboxylic acids is 1. The van der Waals surface area contributed by atoms with Gasteiger partial charge in [-0.15, -0.1) is 0 Å². The Hall–Kier alpha value is -1.33. The van der Waals surface area contributed by atoms with Crippen molar-refractivity contribution in [3.05, 3.63) is 22.8 Å². The quantitative estimate of drug-likeness (QED) is 0.693.